The van der Waals surface area contributed by atoms with Crippen LogP contribution >= 0.6 is 11.3 Å². The van der Waals surface area contributed by atoms with E-state index >= 15 is 0 Å². The van der Waals surface area contributed by atoms with Gasteiger partial charge < -0.3 is 14.8 Å². The van der Waals surface area contributed by atoms with E-state index < -0.39 is 23.4 Å². The van der Waals surface area contributed by atoms with Crippen LogP contribution < -0.4 is 15.4 Å². The molecular formula is C24H26FN3O4S. The van der Waals surface area contributed by atoms with E-state index in [1.807, 2.05) is 31.2 Å². The Kier molecular flexibility index (Phi) is 7.65. The number of hydrogen-bond acceptors (Lipinski definition) is 6. The molecule has 0 fully saturated rings. The first-order valence-corrected chi connectivity index (χ1v) is 11.3. The maximum Gasteiger partial charge on any atom is 0.412 e. The van der Waals surface area contributed by atoms with Crippen LogP contribution in [-0.2, 0) is 16.0 Å². The number of carbonyl (C=O) groups is 2. The summed E-state index contributed by atoms with van der Waals surface area (Å²) in [5.41, 5.74) is 1.17. The maximum atomic E-state index is 13.8. The molecule has 9 heteroatoms. The molecule has 0 saturated heterocycles. The molecule has 1 aromatic heterocycles. The van der Waals surface area contributed by atoms with E-state index in [1.165, 1.54) is 23.5 Å². The lowest BCUT2D eigenvalue weighted by Crippen LogP contribution is -2.27. The van der Waals surface area contributed by atoms with E-state index in [1.54, 1.807) is 26.2 Å². The number of benzene rings is 2. The summed E-state index contributed by atoms with van der Waals surface area (Å²) < 4.78 is 24.5. The van der Waals surface area contributed by atoms with Crippen LogP contribution in [0.3, 0.4) is 0 Å². The molecule has 0 bridgehead atoms. The number of amides is 2. The van der Waals surface area contributed by atoms with E-state index in [-0.39, 0.29) is 17.8 Å². The molecule has 0 unspecified atom stereocenters. The number of hydrogen-bond donors (Lipinski definition) is 2. The van der Waals surface area contributed by atoms with Crippen molar-refractivity contribution >= 4 is 34.7 Å². The first-order chi connectivity index (χ1) is 15.6. The Balaban J connectivity index is 1.66. The molecule has 0 atom stereocenters. The highest BCUT2D eigenvalue weighted by molar-refractivity contribution is 7.13. The third kappa shape index (κ3) is 7.28. The molecule has 0 radical (unpaired) electrons. The Morgan fingerprint density at radius 2 is 1.79 bits per heavy atom. The van der Waals surface area contributed by atoms with E-state index in [2.05, 4.69) is 15.6 Å². The van der Waals surface area contributed by atoms with Crippen LogP contribution in [0.4, 0.5) is 20.6 Å². The van der Waals surface area contributed by atoms with Crippen LogP contribution in [0.1, 0.15) is 33.4 Å². The van der Waals surface area contributed by atoms with Gasteiger partial charge in [-0.25, -0.2) is 14.2 Å². The van der Waals surface area contributed by atoms with Gasteiger partial charge in [0.1, 0.15) is 22.2 Å². The highest BCUT2D eigenvalue weighted by atomic mass is 32.1. The SMILES string of the molecule is CCOc1ccc(-c2nc(CC(=O)Nc3cc(F)ccc3NC(=O)OC(C)(C)C)cs2)cc1. The predicted octanol–water partition coefficient (Wildman–Crippen LogP) is 5.88. The Bertz CT molecular complexity index is 1120. The van der Waals surface area contributed by atoms with E-state index in [0.717, 1.165) is 22.4 Å². The molecule has 0 aliphatic rings. The van der Waals surface area contributed by atoms with Crippen molar-refractivity contribution in [3.05, 3.63) is 59.4 Å². The predicted molar refractivity (Wildman–Crippen MR) is 127 cm³/mol. The van der Waals surface area contributed by atoms with Crippen molar-refractivity contribution in [2.75, 3.05) is 17.2 Å². The van der Waals surface area contributed by atoms with Gasteiger partial charge in [-0.1, -0.05) is 0 Å². The second-order valence-corrected chi connectivity index (χ2v) is 9.00. The second kappa shape index (κ2) is 10.4. The lowest BCUT2D eigenvalue weighted by Gasteiger charge is -2.20. The number of rotatable bonds is 7. The van der Waals surface area contributed by atoms with E-state index in [0.29, 0.717) is 12.3 Å². The molecular weight excluding hydrogens is 445 g/mol. The zero-order chi connectivity index (χ0) is 24.0. The van der Waals surface area contributed by atoms with E-state index in [9.17, 15) is 14.0 Å². The van der Waals surface area contributed by atoms with Gasteiger partial charge in [-0.3, -0.25) is 10.1 Å². The van der Waals surface area contributed by atoms with Crippen molar-refractivity contribution in [1.29, 1.82) is 0 Å². The number of halogens is 1. The fourth-order valence-electron chi connectivity index (χ4n) is 2.88. The highest BCUT2D eigenvalue weighted by Crippen LogP contribution is 2.27. The minimum atomic E-state index is -0.705. The van der Waals surface area contributed by atoms with Gasteiger partial charge in [0.25, 0.3) is 0 Å². The molecule has 7 nitrogen and oxygen atoms in total. The standard InChI is InChI=1S/C24H26FN3O4S/c1-5-31-18-9-6-15(7-10-18)22-26-17(14-33-22)13-21(29)27-20-12-16(25)8-11-19(20)28-23(30)32-24(2,3)4/h6-12,14H,5,13H2,1-4H3,(H,27,29)(H,28,30). The molecule has 33 heavy (non-hydrogen) atoms. The fraction of sp³-hybridized carbons (Fsp3) is 0.292. The number of anilines is 2. The Hall–Kier alpha value is -3.46. The Labute approximate surface area is 196 Å². The molecule has 1 heterocycles. The molecule has 0 spiro atoms. The van der Waals surface area contributed by atoms with Crippen molar-refractivity contribution < 1.29 is 23.5 Å². The summed E-state index contributed by atoms with van der Waals surface area (Å²) in [6, 6.07) is 11.3. The quantitative estimate of drug-likeness (QED) is 0.449. The van der Waals surface area contributed by atoms with Gasteiger partial charge in [0.2, 0.25) is 5.91 Å². The van der Waals surface area contributed by atoms with Crippen LogP contribution in [0.2, 0.25) is 0 Å². The van der Waals surface area contributed by atoms with Gasteiger partial charge in [-0.2, -0.15) is 0 Å². The molecule has 2 amide bonds. The zero-order valence-corrected chi connectivity index (χ0v) is 19.7. The zero-order valence-electron chi connectivity index (χ0n) is 18.9. The summed E-state index contributed by atoms with van der Waals surface area (Å²) in [5, 5.41) is 7.75. The summed E-state index contributed by atoms with van der Waals surface area (Å²) in [5.74, 6) is -0.161. The van der Waals surface area contributed by atoms with Crippen LogP contribution in [-0.4, -0.2) is 29.2 Å². The lowest BCUT2D eigenvalue weighted by molar-refractivity contribution is -0.115. The molecule has 0 saturated carbocycles. The molecule has 2 N–H and O–H groups in total. The summed E-state index contributed by atoms with van der Waals surface area (Å²) in [4.78, 5) is 29.2. The molecule has 0 aliphatic heterocycles. The maximum absolute atomic E-state index is 13.8. The van der Waals surface area contributed by atoms with Crippen molar-refractivity contribution in [3.8, 4) is 16.3 Å². The summed E-state index contributed by atoms with van der Waals surface area (Å²) in [6.07, 6.45) is -0.709. The number of nitrogens with zero attached hydrogens (tertiary/aromatic N) is 1. The Morgan fingerprint density at radius 1 is 1.06 bits per heavy atom. The highest BCUT2D eigenvalue weighted by Gasteiger charge is 2.18. The summed E-state index contributed by atoms with van der Waals surface area (Å²) in [6.45, 7) is 7.71. The van der Waals surface area contributed by atoms with Gasteiger partial charge in [-0.15, -0.1) is 11.3 Å². The smallest absolute Gasteiger partial charge is 0.412 e. The summed E-state index contributed by atoms with van der Waals surface area (Å²) >= 11 is 1.42. The average molecular weight is 472 g/mol. The molecule has 2 aromatic carbocycles. The van der Waals surface area contributed by atoms with Gasteiger partial charge in [0.05, 0.1) is 30.1 Å². The first kappa shape index (κ1) is 24.2. The van der Waals surface area contributed by atoms with Crippen LogP contribution in [0.5, 0.6) is 5.75 Å². The van der Waals surface area contributed by atoms with Gasteiger partial charge in [-0.05, 0) is 70.2 Å². The van der Waals surface area contributed by atoms with Crippen molar-refractivity contribution in [1.82, 2.24) is 4.98 Å². The van der Waals surface area contributed by atoms with Gasteiger partial charge in [0.15, 0.2) is 0 Å². The third-order valence-electron chi connectivity index (χ3n) is 4.20. The monoisotopic (exact) mass is 471 g/mol. The normalized spacial score (nSPS) is 11.1. The van der Waals surface area contributed by atoms with E-state index in [4.69, 9.17) is 9.47 Å². The van der Waals surface area contributed by atoms with Gasteiger partial charge in [0, 0.05) is 10.9 Å². The topological polar surface area (TPSA) is 89.5 Å². The lowest BCUT2D eigenvalue weighted by atomic mass is 10.2. The fourth-order valence-corrected chi connectivity index (χ4v) is 3.71. The van der Waals surface area contributed by atoms with Crippen molar-refractivity contribution in [2.45, 2.75) is 39.7 Å². The number of ether oxygens (including phenoxy) is 2. The van der Waals surface area contributed by atoms with Crippen LogP contribution in [0.25, 0.3) is 10.6 Å². The van der Waals surface area contributed by atoms with Crippen LogP contribution in [0.15, 0.2) is 47.8 Å². The molecule has 0 aliphatic carbocycles. The van der Waals surface area contributed by atoms with Crippen LogP contribution in [0, 0.1) is 5.82 Å². The first-order valence-electron chi connectivity index (χ1n) is 10.4. The number of carbonyl (C=O) groups excluding carboxylic acids is 2. The summed E-state index contributed by atoms with van der Waals surface area (Å²) in [7, 11) is 0. The number of nitrogens with one attached hydrogen (secondary N) is 2. The molecule has 174 valence electrons. The largest absolute Gasteiger partial charge is 0.494 e. The van der Waals surface area contributed by atoms with Gasteiger partial charge >= 0.3 is 6.09 Å². The Morgan fingerprint density at radius 3 is 2.45 bits per heavy atom. The number of aromatic nitrogens is 1. The minimum Gasteiger partial charge on any atom is -0.494 e. The third-order valence-corrected chi connectivity index (χ3v) is 5.14. The molecule has 3 aromatic rings. The average Bonchev–Trinajstić information content (AvgIpc) is 3.18. The second-order valence-electron chi connectivity index (χ2n) is 8.14. The molecule has 3 rings (SSSR count). The minimum absolute atomic E-state index is 0.00405. The van der Waals surface area contributed by atoms with Crippen molar-refractivity contribution in [2.24, 2.45) is 0 Å². The van der Waals surface area contributed by atoms with Crippen molar-refractivity contribution in [3.63, 3.8) is 0 Å². The number of thiazole rings is 1.